The van der Waals surface area contributed by atoms with Crippen LogP contribution in [0.15, 0.2) is 437 Å². The first kappa shape index (κ1) is 74.8. The van der Waals surface area contributed by atoms with Crippen molar-refractivity contribution in [1.82, 2.24) is 54.4 Å². The lowest BCUT2D eigenvalue weighted by molar-refractivity contribution is 1.18. The van der Waals surface area contributed by atoms with E-state index in [-0.39, 0.29) is 0 Å². The molecule has 0 amide bonds. The fourth-order valence-electron chi connectivity index (χ4n) is 15.6. The molecule has 0 fully saturated rings. The highest BCUT2D eigenvalue weighted by molar-refractivity contribution is 6.09. The van der Waals surface area contributed by atoms with Gasteiger partial charge >= 0.3 is 0 Å². The van der Waals surface area contributed by atoms with Crippen molar-refractivity contribution in [2.24, 2.45) is 0 Å². The SMILES string of the molecule is [C-]#[N+]c1ccc(-c2cc(-c3ccccn3)nc(-c3ccc(-c4ccc(-c5ccc(-c6cc(-c7ccccc7)nc(-c7ccccc7)n6)cc5)cc4)cn3)c2)cc1.c1ccc(-c2cc(-c3ccc(-c4ccc(-c5ccc(-c6cc(-c7ccc(-n8c9ccccc9c9ccccc98)cc7)cc(-c7ccccn7)n6)nc5)cc4)cc3)nc(-c3ccccc3)n2)cc1. The molecule has 9 heterocycles. The molecule has 9 aromatic heterocycles. The van der Waals surface area contributed by atoms with Gasteiger partial charge in [0.2, 0.25) is 0 Å². The van der Waals surface area contributed by atoms with Gasteiger partial charge in [0.05, 0.1) is 85.9 Å². The minimum atomic E-state index is 0.602. The quantitative estimate of drug-likeness (QED) is 0.0810. The molecule has 0 aliphatic rings. The van der Waals surface area contributed by atoms with Gasteiger partial charge in [0.1, 0.15) is 0 Å². The summed E-state index contributed by atoms with van der Waals surface area (Å²) >= 11 is 0. The predicted molar refractivity (Wildman–Crippen MR) is 498 cm³/mol. The van der Waals surface area contributed by atoms with Crippen molar-refractivity contribution < 1.29 is 0 Å². The lowest BCUT2D eigenvalue weighted by Crippen LogP contribution is -1.96. The van der Waals surface area contributed by atoms with Gasteiger partial charge < -0.3 is 4.57 Å². The van der Waals surface area contributed by atoms with Gasteiger partial charge in [-0.2, -0.15) is 0 Å². The fourth-order valence-corrected chi connectivity index (χ4v) is 15.6. The van der Waals surface area contributed by atoms with E-state index in [0.717, 1.165) is 174 Å². The molecule has 576 valence electrons. The molecular weight excluding hydrogens is 1500 g/mol. The molecule has 21 rings (SSSR count). The minimum absolute atomic E-state index is 0.602. The van der Waals surface area contributed by atoms with Crippen LogP contribution in [0.2, 0.25) is 0 Å². The Morgan fingerprint density at radius 1 is 0.187 bits per heavy atom. The van der Waals surface area contributed by atoms with Crippen LogP contribution in [-0.4, -0.2) is 54.4 Å². The van der Waals surface area contributed by atoms with Crippen molar-refractivity contribution in [3.63, 3.8) is 0 Å². The summed E-state index contributed by atoms with van der Waals surface area (Å²) in [6, 6.07) is 141. The highest BCUT2D eigenvalue weighted by Crippen LogP contribution is 2.39. The molecule has 0 aliphatic heterocycles. The van der Waals surface area contributed by atoms with Crippen molar-refractivity contribution in [3.05, 3.63) is 449 Å². The number of para-hydroxylation sites is 2. The maximum Gasteiger partial charge on any atom is 0.187 e. The molecule has 0 radical (unpaired) electrons. The molecule has 12 heteroatoms. The summed E-state index contributed by atoms with van der Waals surface area (Å²) in [6.45, 7) is 7.32. The van der Waals surface area contributed by atoms with Crippen molar-refractivity contribution >= 4 is 27.5 Å². The highest BCUT2D eigenvalue weighted by Gasteiger charge is 2.19. The number of aromatic nitrogens is 11. The van der Waals surface area contributed by atoms with E-state index in [0.29, 0.717) is 17.3 Å². The number of hydrogen-bond donors (Lipinski definition) is 0. The Hall–Kier alpha value is -17.0. The monoisotopic (exact) mass is 1570 g/mol. The molecule has 21 aromatic rings. The second-order valence-electron chi connectivity index (χ2n) is 29.8. The number of hydrogen-bond acceptors (Lipinski definition) is 10. The molecule has 0 saturated heterocycles. The zero-order chi connectivity index (χ0) is 82.2. The van der Waals surface area contributed by atoms with Gasteiger partial charge in [0.25, 0.3) is 0 Å². The van der Waals surface area contributed by atoms with Gasteiger partial charge in [0.15, 0.2) is 17.3 Å². The lowest BCUT2D eigenvalue weighted by Gasteiger charge is -2.12. The van der Waals surface area contributed by atoms with Crippen molar-refractivity contribution in [2.75, 3.05) is 0 Å². The van der Waals surface area contributed by atoms with Gasteiger partial charge in [0, 0.05) is 85.8 Å². The van der Waals surface area contributed by atoms with Gasteiger partial charge in [-0.1, -0.05) is 315 Å². The summed E-state index contributed by atoms with van der Waals surface area (Å²) in [7, 11) is 0. The van der Waals surface area contributed by atoms with Crippen LogP contribution in [0.1, 0.15) is 0 Å². The van der Waals surface area contributed by atoms with Gasteiger partial charge in [-0.15, -0.1) is 0 Å². The summed E-state index contributed by atoms with van der Waals surface area (Å²) in [4.78, 5) is 52.5. The Morgan fingerprint density at radius 3 is 0.797 bits per heavy atom. The van der Waals surface area contributed by atoms with Crippen LogP contribution in [0.3, 0.4) is 0 Å². The van der Waals surface area contributed by atoms with Crippen molar-refractivity contribution in [2.45, 2.75) is 0 Å². The van der Waals surface area contributed by atoms with Crippen molar-refractivity contribution in [3.8, 4) is 186 Å². The maximum absolute atomic E-state index is 7.32. The van der Waals surface area contributed by atoms with Gasteiger partial charge in [-0.05, 0) is 153 Å². The molecule has 0 aliphatic carbocycles. The molecule has 0 unspecified atom stereocenters. The van der Waals surface area contributed by atoms with Gasteiger partial charge in [-0.25, -0.2) is 34.7 Å². The van der Waals surface area contributed by atoms with Gasteiger partial charge in [-0.3, -0.25) is 19.9 Å². The third-order valence-electron chi connectivity index (χ3n) is 22.0. The number of nitrogens with zero attached hydrogens (tertiary/aromatic N) is 12. The highest BCUT2D eigenvalue weighted by atomic mass is 15.0. The second kappa shape index (κ2) is 33.9. The van der Waals surface area contributed by atoms with Crippen LogP contribution < -0.4 is 0 Å². The Bertz CT molecular complexity index is 7200. The van der Waals surface area contributed by atoms with Crippen LogP contribution in [-0.2, 0) is 0 Å². The topological polar surface area (TPSA) is 138 Å². The number of benzene rings is 12. The van der Waals surface area contributed by atoms with E-state index in [1.54, 1.807) is 12.4 Å². The normalized spacial score (nSPS) is 11.1. The summed E-state index contributed by atoms with van der Waals surface area (Å²) in [5.74, 6) is 1.41. The first-order valence-electron chi connectivity index (χ1n) is 40.6. The standard InChI is InChI=1S/C61H40N6.C50H32N6/c1-3-13-45(14-4-1)55-39-56(66-61(65-55)47-15-5-2-6-16-47)46-28-26-42(27-29-46)41-22-24-43(25-23-41)48-32-35-54(63-40-48)58-38-49(37-57(64-58)53-19-11-12-36-62-53)44-30-33-50(34-31-44)67-59-20-9-7-17-51(59)52-18-8-10-21-60(52)67;1-51-43-26-23-37(24-27-43)42-30-48(44-14-8-9-29-52-44)54-49(31-42)45-28-25-41(33-53-45)36-17-15-34(16-18-36)35-19-21-39(22-20-35)47-32-46(38-10-4-2-5-11-38)55-50(56-47)40-12-6-3-7-13-40/h1-40H;2-33H. The largest absolute Gasteiger partial charge is 0.309 e. The fraction of sp³-hybridized carbons (Fsp3) is 0. The van der Waals surface area contributed by atoms with Crippen LogP contribution in [0.4, 0.5) is 5.69 Å². The number of pyridine rings is 6. The molecular formula is C111H72N12. The Labute approximate surface area is 711 Å². The molecule has 0 atom stereocenters. The first-order valence-corrected chi connectivity index (χ1v) is 40.6. The number of fused-ring (bicyclic) bond motifs is 3. The Balaban J connectivity index is 0.000000159. The molecule has 0 N–H and O–H groups in total. The average Bonchev–Trinajstić information content (AvgIpc) is 1.59. The van der Waals surface area contributed by atoms with E-state index >= 15 is 0 Å². The minimum Gasteiger partial charge on any atom is -0.309 e. The summed E-state index contributed by atoms with van der Waals surface area (Å²) in [6.07, 6.45) is 7.40. The summed E-state index contributed by atoms with van der Waals surface area (Å²) in [5.41, 5.74) is 32.8. The Morgan fingerprint density at radius 2 is 0.463 bits per heavy atom. The summed E-state index contributed by atoms with van der Waals surface area (Å²) in [5, 5.41) is 2.49. The third kappa shape index (κ3) is 16.1. The van der Waals surface area contributed by atoms with E-state index in [9.17, 15) is 0 Å². The number of rotatable bonds is 17. The van der Waals surface area contributed by atoms with E-state index in [1.807, 2.05) is 176 Å². The molecule has 0 saturated carbocycles. The molecule has 123 heavy (non-hydrogen) atoms. The predicted octanol–water partition coefficient (Wildman–Crippen LogP) is 27.6. The van der Waals surface area contributed by atoms with Crippen LogP contribution >= 0.6 is 0 Å². The van der Waals surface area contributed by atoms with Crippen LogP contribution in [0.5, 0.6) is 0 Å². The van der Waals surface area contributed by atoms with E-state index in [2.05, 4.69) is 268 Å². The molecule has 12 aromatic carbocycles. The maximum atomic E-state index is 7.32. The molecule has 0 spiro atoms. The van der Waals surface area contributed by atoms with E-state index in [4.69, 9.17) is 46.4 Å². The third-order valence-corrected chi connectivity index (χ3v) is 22.0. The second-order valence-corrected chi connectivity index (χ2v) is 29.8. The zero-order valence-corrected chi connectivity index (χ0v) is 66.4. The Kier molecular flexibility index (Phi) is 20.6. The molecule has 12 nitrogen and oxygen atoms in total. The average molecular weight is 1570 g/mol. The van der Waals surface area contributed by atoms with E-state index < -0.39 is 0 Å². The van der Waals surface area contributed by atoms with Crippen LogP contribution in [0, 0.1) is 6.57 Å². The van der Waals surface area contributed by atoms with Crippen LogP contribution in [0.25, 0.3) is 212 Å². The first-order chi connectivity index (χ1) is 60.8. The summed E-state index contributed by atoms with van der Waals surface area (Å²) < 4.78 is 2.34. The molecule has 0 bridgehead atoms. The van der Waals surface area contributed by atoms with Crippen molar-refractivity contribution in [1.29, 1.82) is 0 Å². The zero-order valence-electron chi connectivity index (χ0n) is 66.4. The lowest BCUT2D eigenvalue weighted by atomic mass is 9.99. The van der Waals surface area contributed by atoms with E-state index in [1.165, 1.54) is 21.8 Å². The smallest absolute Gasteiger partial charge is 0.187 e.